The third-order valence-electron chi connectivity index (χ3n) is 7.02. The number of nitrogens with zero attached hydrogens (tertiary/aromatic N) is 5. The minimum Gasteiger partial charge on any atom is -0.497 e. The lowest BCUT2D eigenvalue weighted by Crippen LogP contribution is -2.53. The zero-order chi connectivity index (χ0) is 27.4. The van der Waals surface area contributed by atoms with Crippen LogP contribution in [-0.2, 0) is 4.79 Å². The molecule has 10 heteroatoms. The lowest BCUT2D eigenvalue weighted by Gasteiger charge is -2.41. The summed E-state index contributed by atoms with van der Waals surface area (Å²) in [6, 6.07) is 17.7. The highest BCUT2D eigenvalue weighted by molar-refractivity contribution is 5.96. The second kappa shape index (κ2) is 11.4. The Balaban J connectivity index is 1.36. The molecule has 1 aliphatic rings. The van der Waals surface area contributed by atoms with Crippen molar-refractivity contribution in [1.29, 1.82) is 0 Å². The fraction of sp³-hybridized carbons (Fsp3) is 0.310. The summed E-state index contributed by atoms with van der Waals surface area (Å²) in [6.45, 7) is 6.53. The highest BCUT2D eigenvalue weighted by Gasteiger charge is 2.28. The number of carbonyl (C=O) groups is 2. The Hall–Kier alpha value is -4.60. The molecular weight excluding hydrogens is 494 g/mol. The van der Waals surface area contributed by atoms with Crippen molar-refractivity contribution in [3.63, 3.8) is 0 Å². The van der Waals surface area contributed by atoms with Crippen molar-refractivity contribution in [3.8, 4) is 5.75 Å². The summed E-state index contributed by atoms with van der Waals surface area (Å²) in [6.07, 6.45) is 3.33. The molecule has 1 fully saturated rings. The molecule has 1 unspecified atom stereocenters. The maximum Gasteiger partial charge on any atom is 0.254 e. The van der Waals surface area contributed by atoms with Crippen LogP contribution < -0.4 is 19.9 Å². The van der Waals surface area contributed by atoms with E-state index in [1.165, 1.54) is 13.3 Å². The molecule has 202 valence electrons. The number of aromatic nitrogens is 3. The van der Waals surface area contributed by atoms with Gasteiger partial charge in [-0.2, -0.15) is 0 Å². The molecule has 2 aromatic carbocycles. The lowest BCUT2D eigenvalue weighted by atomic mass is 10.1. The van der Waals surface area contributed by atoms with Crippen molar-refractivity contribution in [3.05, 3.63) is 72.7 Å². The summed E-state index contributed by atoms with van der Waals surface area (Å²) >= 11 is 0. The Morgan fingerprint density at radius 3 is 2.69 bits per heavy atom. The van der Waals surface area contributed by atoms with Gasteiger partial charge in [0.15, 0.2) is 0 Å². The highest BCUT2D eigenvalue weighted by Crippen LogP contribution is 2.30. The number of piperazine rings is 1. The number of ether oxygens (including phenoxy) is 1. The van der Waals surface area contributed by atoms with Crippen LogP contribution in [0.25, 0.3) is 11.0 Å². The number of H-pyrrole nitrogens is 1. The molecule has 5 rings (SSSR count). The van der Waals surface area contributed by atoms with Crippen LogP contribution in [0.5, 0.6) is 5.75 Å². The van der Waals surface area contributed by atoms with Crippen LogP contribution in [0.4, 0.5) is 17.2 Å². The van der Waals surface area contributed by atoms with Gasteiger partial charge in [-0.15, -0.1) is 0 Å². The first-order chi connectivity index (χ1) is 18.9. The normalized spacial score (nSPS) is 15.3. The third kappa shape index (κ3) is 5.64. The summed E-state index contributed by atoms with van der Waals surface area (Å²) in [7, 11) is 1.66. The zero-order valence-electron chi connectivity index (χ0n) is 22.4. The van der Waals surface area contributed by atoms with Gasteiger partial charge in [-0.1, -0.05) is 6.07 Å². The summed E-state index contributed by atoms with van der Waals surface area (Å²) in [5.41, 5.74) is 3.27. The first kappa shape index (κ1) is 26.0. The summed E-state index contributed by atoms with van der Waals surface area (Å²) in [5, 5.41) is 3.72. The van der Waals surface area contributed by atoms with Gasteiger partial charge in [0.2, 0.25) is 5.91 Å². The number of rotatable bonds is 8. The van der Waals surface area contributed by atoms with Crippen LogP contribution in [-0.4, -0.2) is 77.5 Å². The molecule has 3 heterocycles. The molecule has 2 aromatic heterocycles. The van der Waals surface area contributed by atoms with Gasteiger partial charge in [0, 0.05) is 68.8 Å². The lowest BCUT2D eigenvalue weighted by molar-refractivity contribution is -0.118. The smallest absolute Gasteiger partial charge is 0.254 e. The predicted molar refractivity (Wildman–Crippen MR) is 152 cm³/mol. The van der Waals surface area contributed by atoms with Crippen LogP contribution >= 0.6 is 0 Å². The topological polar surface area (TPSA) is 107 Å². The molecule has 0 aliphatic carbocycles. The zero-order valence-corrected chi connectivity index (χ0v) is 22.4. The minimum absolute atomic E-state index is 0.00521. The molecule has 4 aromatic rings. The number of amides is 2. The minimum atomic E-state index is -0.101. The molecule has 0 radical (unpaired) electrons. The van der Waals surface area contributed by atoms with E-state index in [1.807, 2.05) is 58.5 Å². The number of benzene rings is 2. The van der Waals surface area contributed by atoms with Gasteiger partial charge >= 0.3 is 0 Å². The van der Waals surface area contributed by atoms with Gasteiger partial charge in [-0.25, -0.2) is 9.97 Å². The number of fused-ring (bicyclic) bond motifs is 1. The molecular formula is C29H33N7O3. The molecule has 1 saturated heterocycles. The van der Waals surface area contributed by atoms with E-state index < -0.39 is 0 Å². The highest BCUT2D eigenvalue weighted by atomic mass is 16.5. The maximum atomic E-state index is 13.6. The van der Waals surface area contributed by atoms with Crippen molar-refractivity contribution in [2.24, 2.45) is 0 Å². The summed E-state index contributed by atoms with van der Waals surface area (Å²) in [4.78, 5) is 43.4. The van der Waals surface area contributed by atoms with Crippen LogP contribution in [0.1, 0.15) is 24.2 Å². The van der Waals surface area contributed by atoms with Crippen LogP contribution in [0, 0.1) is 0 Å². The molecule has 2 N–H and O–H groups in total. The van der Waals surface area contributed by atoms with Crippen LogP contribution in [0.2, 0.25) is 0 Å². The molecule has 2 amide bonds. The van der Waals surface area contributed by atoms with Gasteiger partial charge in [0.1, 0.15) is 23.5 Å². The molecule has 39 heavy (non-hydrogen) atoms. The first-order valence-electron chi connectivity index (χ1n) is 13.0. The maximum absolute atomic E-state index is 13.6. The number of aromatic amines is 1. The van der Waals surface area contributed by atoms with E-state index in [4.69, 9.17) is 4.74 Å². The molecule has 0 bridgehead atoms. The first-order valence-corrected chi connectivity index (χ1v) is 13.0. The monoisotopic (exact) mass is 527 g/mol. The Bertz CT molecular complexity index is 1450. The number of anilines is 3. The van der Waals surface area contributed by atoms with Crippen molar-refractivity contribution in [1.82, 2.24) is 25.2 Å². The van der Waals surface area contributed by atoms with Gasteiger partial charge in [0.25, 0.3) is 5.91 Å². The Morgan fingerprint density at radius 1 is 1.13 bits per heavy atom. The van der Waals surface area contributed by atoms with E-state index in [-0.39, 0.29) is 17.9 Å². The average Bonchev–Trinajstić information content (AvgIpc) is 3.44. The van der Waals surface area contributed by atoms with Crippen molar-refractivity contribution in [2.75, 3.05) is 49.6 Å². The van der Waals surface area contributed by atoms with Crippen LogP contribution in [0.15, 0.2) is 67.1 Å². The summed E-state index contributed by atoms with van der Waals surface area (Å²) < 4.78 is 5.28. The van der Waals surface area contributed by atoms with E-state index in [2.05, 4.69) is 44.2 Å². The Labute approximate surface area is 227 Å². The number of nitrogens with one attached hydrogen (secondary N) is 2. The van der Waals surface area contributed by atoms with Gasteiger partial charge in [-0.3, -0.25) is 9.59 Å². The Morgan fingerprint density at radius 2 is 1.95 bits per heavy atom. The fourth-order valence-corrected chi connectivity index (χ4v) is 5.06. The number of methoxy groups -OCH3 is 1. The van der Waals surface area contributed by atoms with Gasteiger partial charge in [0.05, 0.1) is 12.5 Å². The number of hydrogen-bond donors (Lipinski definition) is 2. The molecule has 10 nitrogen and oxygen atoms in total. The second-order valence-electron chi connectivity index (χ2n) is 9.61. The fourth-order valence-electron chi connectivity index (χ4n) is 5.06. The largest absolute Gasteiger partial charge is 0.497 e. The van der Waals surface area contributed by atoms with E-state index in [0.29, 0.717) is 37.6 Å². The van der Waals surface area contributed by atoms with E-state index in [1.54, 1.807) is 7.11 Å². The quantitative estimate of drug-likeness (QED) is 0.361. The van der Waals surface area contributed by atoms with Crippen molar-refractivity contribution in [2.45, 2.75) is 19.9 Å². The van der Waals surface area contributed by atoms with Gasteiger partial charge < -0.3 is 29.7 Å². The third-order valence-corrected chi connectivity index (χ3v) is 7.02. The molecule has 0 saturated carbocycles. The molecule has 1 atom stereocenters. The molecule has 1 aliphatic heterocycles. The SMILES string of the molecule is COc1ccc(N2CCN(C(=O)c3cccc(N(CCNC(C)=O)c4ncnc5[nH]ccc45)c3)CC2C)cc1. The van der Waals surface area contributed by atoms with E-state index >= 15 is 0 Å². The molecule has 0 spiro atoms. The standard InChI is InChI=1S/C29H33N7O3/c1-20-18-34(15-16-35(20)23-7-9-25(39-3)10-8-23)29(38)22-5-4-6-24(17-22)36(14-13-30-21(2)37)28-26-11-12-31-27(26)32-19-33-28/h4-12,17,19-20H,13-16,18H2,1-3H3,(H,30,37)(H,31,32,33). The average molecular weight is 528 g/mol. The number of hydrogen-bond acceptors (Lipinski definition) is 7. The second-order valence-corrected chi connectivity index (χ2v) is 9.61. The van der Waals surface area contributed by atoms with Gasteiger partial charge in [-0.05, 0) is 55.5 Å². The van der Waals surface area contributed by atoms with Crippen LogP contribution in [0.3, 0.4) is 0 Å². The Kier molecular flexibility index (Phi) is 7.62. The van der Waals surface area contributed by atoms with Crippen molar-refractivity contribution < 1.29 is 14.3 Å². The van der Waals surface area contributed by atoms with E-state index in [9.17, 15) is 9.59 Å². The summed E-state index contributed by atoms with van der Waals surface area (Å²) in [5.74, 6) is 1.42. The predicted octanol–water partition coefficient (Wildman–Crippen LogP) is 3.59. The van der Waals surface area contributed by atoms with Crippen molar-refractivity contribution >= 4 is 40.0 Å². The number of carbonyl (C=O) groups excluding carboxylic acids is 2. The van der Waals surface area contributed by atoms with E-state index in [0.717, 1.165) is 34.7 Å².